The molecule has 1 heterocycles. The maximum absolute atomic E-state index is 5.47. The predicted molar refractivity (Wildman–Crippen MR) is 43.5 cm³/mol. The van der Waals surface area contributed by atoms with Crippen LogP contribution in [0.5, 0.6) is 0 Å². The zero-order chi connectivity index (χ0) is 6.97. The lowest BCUT2D eigenvalue weighted by Crippen LogP contribution is -1.82. The average Bonchev–Trinajstić information content (AvgIpc) is 2.33. The summed E-state index contributed by atoms with van der Waals surface area (Å²) in [5, 5.41) is 7.23. The average molecular weight is 172 g/mol. The zero-order valence-corrected chi connectivity index (χ0v) is 6.34. The molecule has 1 aromatic heterocycles. The Hall–Kier alpha value is -1.29. The molecule has 0 atom stereocenters. The summed E-state index contributed by atoms with van der Waals surface area (Å²) in [6.07, 6.45) is 0. The van der Waals surface area contributed by atoms with Crippen molar-refractivity contribution in [3.63, 3.8) is 0 Å². The van der Waals surface area contributed by atoms with Gasteiger partial charge in [-0.3, -0.25) is 0 Å². The van der Waals surface area contributed by atoms with E-state index in [-0.39, 0.29) is 12.4 Å². The van der Waals surface area contributed by atoms with Gasteiger partial charge in [-0.15, -0.1) is 12.4 Å². The Morgan fingerprint density at radius 1 is 1.18 bits per heavy atom. The van der Waals surface area contributed by atoms with Crippen LogP contribution in [0.25, 0.3) is 11.0 Å². The minimum absolute atomic E-state index is 0. The molecule has 0 fully saturated rings. The van der Waals surface area contributed by atoms with Crippen LogP contribution in [-0.2, 0) is 0 Å². The van der Waals surface area contributed by atoms with Gasteiger partial charge in [-0.25, -0.2) is 4.63 Å². The number of fused-ring (bicyclic) bond motifs is 1. The van der Waals surface area contributed by atoms with Gasteiger partial charge >= 0.3 is 0 Å². The molecule has 11 heavy (non-hydrogen) atoms. The topological polar surface area (TPSA) is 64.9 Å². The van der Waals surface area contributed by atoms with Crippen molar-refractivity contribution in [3.8, 4) is 0 Å². The van der Waals surface area contributed by atoms with Gasteiger partial charge in [0.05, 0.1) is 0 Å². The first kappa shape index (κ1) is 7.81. The number of hydrogen-bond donors (Lipinski definition) is 1. The summed E-state index contributed by atoms with van der Waals surface area (Å²) in [5.41, 5.74) is 7.57. The second-order valence-corrected chi connectivity index (χ2v) is 2.01. The molecule has 0 saturated heterocycles. The number of rotatable bonds is 0. The van der Waals surface area contributed by atoms with Crippen LogP contribution in [0.1, 0.15) is 0 Å². The molecule has 0 radical (unpaired) electrons. The molecule has 1 aromatic carbocycles. The van der Waals surface area contributed by atoms with Gasteiger partial charge in [0.1, 0.15) is 11.0 Å². The molecule has 0 amide bonds. The van der Waals surface area contributed by atoms with E-state index in [1.807, 2.05) is 0 Å². The van der Waals surface area contributed by atoms with E-state index in [0.29, 0.717) is 11.2 Å². The molecule has 0 aliphatic rings. The number of benzene rings is 1. The van der Waals surface area contributed by atoms with Crippen molar-refractivity contribution >= 4 is 29.1 Å². The lowest BCUT2D eigenvalue weighted by atomic mass is 10.3. The highest BCUT2D eigenvalue weighted by atomic mass is 35.5. The molecule has 2 rings (SSSR count). The molecule has 0 bridgehead atoms. The molecular formula is C6H6ClN3O. The molecule has 58 valence electrons. The molecule has 0 aliphatic heterocycles. The first-order chi connectivity index (χ1) is 4.86. The van der Waals surface area contributed by atoms with Crippen LogP contribution in [0, 0.1) is 0 Å². The van der Waals surface area contributed by atoms with Gasteiger partial charge in [-0.2, -0.15) is 0 Å². The van der Waals surface area contributed by atoms with Gasteiger partial charge in [-0.05, 0) is 28.5 Å². The van der Waals surface area contributed by atoms with Crippen LogP contribution in [0.15, 0.2) is 22.8 Å². The highest BCUT2D eigenvalue weighted by Gasteiger charge is 1.97. The number of nitrogens with zero attached hydrogens (tertiary/aromatic N) is 2. The molecule has 0 saturated carbocycles. The third kappa shape index (κ3) is 1.25. The van der Waals surface area contributed by atoms with Gasteiger partial charge in [0.15, 0.2) is 0 Å². The maximum Gasteiger partial charge on any atom is 0.137 e. The minimum atomic E-state index is 0. The molecular weight excluding hydrogens is 166 g/mol. The Morgan fingerprint density at radius 2 is 1.91 bits per heavy atom. The Labute approximate surface area is 68.7 Å². The highest BCUT2D eigenvalue weighted by Crippen LogP contribution is 2.11. The monoisotopic (exact) mass is 171 g/mol. The number of halogens is 1. The van der Waals surface area contributed by atoms with Crippen LogP contribution in [0.3, 0.4) is 0 Å². The summed E-state index contributed by atoms with van der Waals surface area (Å²) < 4.78 is 4.46. The van der Waals surface area contributed by atoms with Gasteiger partial charge in [0, 0.05) is 5.69 Å². The van der Waals surface area contributed by atoms with Gasteiger partial charge in [0.2, 0.25) is 0 Å². The smallest absolute Gasteiger partial charge is 0.137 e. The van der Waals surface area contributed by atoms with Crippen LogP contribution >= 0.6 is 12.4 Å². The van der Waals surface area contributed by atoms with Crippen molar-refractivity contribution in [2.24, 2.45) is 0 Å². The van der Waals surface area contributed by atoms with E-state index >= 15 is 0 Å². The molecule has 0 aliphatic carbocycles. The highest BCUT2D eigenvalue weighted by molar-refractivity contribution is 5.85. The van der Waals surface area contributed by atoms with Crippen LogP contribution in [-0.4, -0.2) is 10.3 Å². The van der Waals surface area contributed by atoms with E-state index in [9.17, 15) is 0 Å². The number of nitrogen functional groups attached to an aromatic ring is 1. The second kappa shape index (κ2) is 2.75. The summed E-state index contributed by atoms with van der Waals surface area (Å²) >= 11 is 0. The lowest BCUT2D eigenvalue weighted by molar-refractivity contribution is 0.315. The standard InChI is InChI=1S/C6H5N3O.ClH/c7-4-1-2-5-6(3-4)9-10-8-5;/h1-3H,7H2;1H. The quantitative estimate of drug-likeness (QED) is 0.606. The van der Waals surface area contributed by atoms with E-state index in [1.165, 1.54) is 0 Å². The minimum Gasteiger partial charge on any atom is -0.399 e. The number of hydrogen-bond acceptors (Lipinski definition) is 4. The number of nitrogens with two attached hydrogens (primary N) is 1. The van der Waals surface area contributed by atoms with Crippen LogP contribution < -0.4 is 5.73 Å². The van der Waals surface area contributed by atoms with E-state index < -0.39 is 0 Å². The van der Waals surface area contributed by atoms with E-state index in [4.69, 9.17) is 5.73 Å². The molecule has 0 spiro atoms. The summed E-state index contributed by atoms with van der Waals surface area (Å²) in [5.74, 6) is 0. The summed E-state index contributed by atoms with van der Waals surface area (Å²) in [6.45, 7) is 0. The zero-order valence-electron chi connectivity index (χ0n) is 5.52. The van der Waals surface area contributed by atoms with Crippen LogP contribution in [0.4, 0.5) is 5.69 Å². The van der Waals surface area contributed by atoms with Crippen molar-refractivity contribution < 1.29 is 4.63 Å². The normalized spacial score (nSPS) is 9.45. The SMILES string of the molecule is Cl.Nc1ccc2nonc2c1. The summed E-state index contributed by atoms with van der Waals surface area (Å²) in [4.78, 5) is 0. The van der Waals surface area contributed by atoms with E-state index in [1.54, 1.807) is 18.2 Å². The first-order valence-corrected chi connectivity index (χ1v) is 2.84. The third-order valence-electron chi connectivity index (χ3n) is 1.28. The largest absolute Gasteiger partial charge is 0.399 e. The molecule has 0 unspecified atom stereocenters. The Balaban J connectivity index is 0.000000605. The van der Waals surface area contributed by atoms with Crippen molar-refractivity contribution in [3.05, 3.63) is 18.2 Å². The van der Waals surface area contributed by atoms with Crippen molar-refractivity contribution in [2.45, 2.75) is 0 Å². The Bertz CT molecular complexity index is 359. The van der Waals surface area contributed by atoms with Gasteiger partial charge in [0.25, 0.3) is 0 Å². The fourth-order valence-corrected chi connectivity index (χ4v) is 0.799. The fraction of sp³-hybridized carbons (Fsp3) is 0. The van der Waals surface area contributed by atoms with E-state index in [2.05, 4.69) is 14.9 Å². The van der Waals surface area contributed by atoms with Gasteiger partial charge < -0.3 is 5.73 Å². The molecule has 5 heteroatoms. The van der Waals surface area contributed by atoms with E-state index in [0.717, 1.165) is 5.52 Å². The lowest BCUT2D eigenvalue weighted by Gasteiger charge is -1.86. The molecule has 2 N–H and O–H groups in total. The molecule has 4 nitrogen and oxygen atoms in total. The third-order valence-corrected chi connectivity index (χ3v) is 1.28. The fourth-order valence-electron chi connectivity index (χ4n) is 0.799. The summed E-state index contributed by atoms with van der Waals surface area (Å²) in [6, 6.07) is 5.24. The predicted octanol–water partition coefficient (Wildman–Crippen LogP) is 1.23. The maximum atomic E-state index is 5.47. The van der Waals surface area contributed by atoms with Gasteiger partial charge in [-0.1, -0.05) is 0 Å². The Morgan fingerprint density at radius 3 is 2.73 bits per heavy atom. The Kier molecular flexibility index (Phi) is 1.96. The van der Waals surface area contributed by atoms with Crippen molar-refractivity contribution in [1.29, 1.82) is 0 Å². The molecule has 2 aromatic rings. The first-order valence-electron chi connectivity index (χ1n) is 2.84. The summed E-state index contributed by atoms with van der Waals surface area (Å²) in [7, 11) is 0. The number of aromatic nitrogens is 2. The second-order valence-electron chi connectivity index (χ2n) is 2.01. The van der Waals surface area contributed by atoms with Crippen molar-refractivity contribution in [1.82, 2.24) is 10.3 Å². The number of anilines is 1. The van der Waals surface area contributed by atoms with Crippen LogP contribution in [0.2, 0.25) is 0 Å². The van der Waals surface area contributed by atoms with Crippen molar-refractivity contribution in [2.75, 3.05) is 5.73 Å².